The number of carbonyl (C=O) groups is 4. The van der Waals surface area contributed by atoms with Gasteiger partial charge in [0, 0.05) is 9.73 Å². The molecule has 0 bridgehead atoms. The minimum atomic E-state index is -1.16. The van der Waals surface area contributed by atoms with Gasteiger partial charge in [0.2, 0.25) is 11.8 Å². The van der Waals surface area contributed by atoms with Crippen molar-refractivity contribution in [1.29, 1.82) is 0 Å². The number of allylic oxidation sites excluding steroid dienone is 2. The summed E-state index contributed by atoms with van der Waals surface area (Å²) in [6.45, 7) is 3.26. The predicted octanol–water partition coefficient (Wildman–Crippen LogP) is 5.65. The number of hydrogen-bond acceptors (Lipinski definition) is 9. The zero-order valence-electron chi connectivity index (χ0n) is 30.8. The van der Waals surface area contributed by atoms with E-state index in [1.165, 1.54) is 0 Å². The van der Waals surface area contributed by atoms with Crippen molar-refractivity contribution in [2.45, 2.75) is 82.5 Å². The fourth-order valence-electron chi connectivity index (χ4n) is 6.22. The number of alkyl carbamates (subject to hydrolysis) is 2. The van der Waals surface area contributed by atoms with Gasteiger partial charge < -0.3 is 35.5 Å². The van der Waals surface area contributed by atoms with Crippen LogP contribution in [0.5, 0.6) is 0 Å². The van der Waals surface area contributed by atoms with Crippen molar-refractivity contribution in [3.05, 3.63) is 131 Å². The molecule has 0 aromatic heterocycles. The van der Waals surface area contributed by atoms with Crippen LogP contribution in [0, 0.1) is 0 Å². The first-order chi connectivity index (χ1) is 26.6. The van der Waals surface area contributed by atoms with E-state index in [4.69, 9.17) is 38.6 Å². The minimum absolute atomic E-state index is 0.0242. The smallest absolute Gasteiger partial charge is 0.408 e. The molecule has 4 N–H and O–H groups in total. The first-order valence-electron chi connectivity index (χ1n) is 18.2. The highest BCUT2D eigenvalue weighted by Gasteiger charge is 2.51. The van der Waals surface area contributed by atoms with E-state index in [1.807, 2.05) is 109 Å². The van der Waals surface area contributed by atoms with E-state index in [9.17, 15) is 19.2 Å². The molecule has 1 aliphatic heterocycles. The largest absolute Gasteiger partial charge is 0.445 e. The van der Waals surface area contributed by atoms with Crippen molar-refractivity contribution in [2.75, 3.05) is 6.61 Å². The van der Waals surface area contributed by atoms with Gasteiger partial charge in [0.1, 0.15) is 37.5 Å². The van der Waals surface area contributed by atoms with Crippen LogP contribution < -0.4 is 21.3 Å². The topological polar surface area (TPSA) is 147 Å². The number of ether oxygens (including phenoxy) is 3. The summed E-state index contributed by atoms with van der Waals surface area (Å²) in [5, 5.41) is 11.3. The summed E-state index contributed by atoms with van der Waals surface area (Å²) >= 11 is 10.8. The van der Waals surface area contributed by atoms with Gasteiger partial charge in [-0.05, 0) is 61.8 Å². The molecule has 0 spiro atoms. The Balaban J connectivity index is 1.29. The van der Waals surface area contributed by atoms with Crippen LogP contribution in [0.15, 0.2) is 115 Å². The van der Waals surface area contributed by atoms with Gasteiger partial charge in [0.15, 0.2) is 0 Å². The molecule has 2 aliphatic rings. The quantitative estimate of drug-likeness (QED) is 0.0950. The monoisotopic (exact) mass is 782 g/mol. The van der Waals surface area contributed by atoms with Crippen LogP contribution in [0.2, 0.25) is 0 Å². The summed E-state index contributed by atoms with van der Waals surface area (Å²) in [5.41, 5.74) is 3.55. The maximum absolute atomic E-state index is 13.8. The van der Waals surface area contributed by atoms with E-state index in [0.29, 0.717) is 12.8 Å². The normalized spacial score (nSPS) is 17.9. The Morgan fingerprint density at radius 1 is 0.636 bits per heavy atom. The SMILES string of the molecule is CC(=S)[C@H](NC(=O)OCC1=CCCC=C1)C(=O)N[C@@H](Cc1ccccc1)[C@@H]1O[C@@H]1[C@H](Cc1ccccc1)NC(=O)[C@@H](NC(=O)OCc1ccccc1)C(C)=S. The summed E-state index contributed by atoms with van der Waals surface area (Å²) in [5.74, 6) is -1.05. The number of amides is 4. The molecule has 288 valence electrons. The standard InChI is InChI=1S/C42H46N4O7S2/c1-27(54)35(45-41(49)51-25-31-19-11-5-12-20-31)39(47)43-33(23-29-15-7-3-8-16-29)37-38(53-37)34(24-30-17-9-4-10-18-30)44-40(48)36(28(2)55)46-42(50)52-26-32-21-13-6-14-22-32/h3-5,7-13,15-22,33-38H,6,14,23-26H2,1-2H3,(H,43,47)(H,44,48)(H,45,49)(H,46,50)/t33-,34-,35-,36-,37+,38-/m0/s1. The Labute approximate surface area is 332 Å². The van der Waals surface area contributed by atoms with E-state index in [2.05, 4.69) is 21.3 Å². The van der Waals surface area contributed by atoms with Crippen LogP contribution in [-0.2, 0) is 43.2 Å². The molecule has 55 heavy (non-hydrogen) atoms. The van der Waals surface area contributed by atoms with E-state index in [-0.39, 0.29) is 22.9 Å². The third-order valence-electron chi connectivity index (χ3n) is 9.12. The summed E-state index contributed by atoms with van der Waals surface area (Å²) in [4.78, 5) is 53.7. The number of rotatable bonds is 18. The second-order valence-corrected chi connectivity index (χ2v) is 14.7. The number of carbonyl (C=O) groups excluding carboxylic acids is 4. The van der Waals surface area contributed by atoms with Gasteiger partial charge in [-0.3, -0.25) is 9.59 Å². The lowest BCUT2D eigenvalue weighted by atomic mass is 9.95. The number of benzene rings is 3. The van der Waals surface area contributed by atoms with Crippen LogP contribution in [0.25, 0.3) is 0 Å². The molecule has 6 atom stereocenters. The minimum Gasteiger partial charge on any atom is -0.445 e. The maximum atomic E-state index is 13.8. The van der Waals surface area contributed by atoms with E-state index >= 15 is 0 Å². The highest BCUT2D eigenvalue weighted by atomic mass is 32.1. The molecule has 3 aromatic rings. The van der Waals surface area contributed by atoms with Crippen LogP contribution in [-0.4, -0.2) is 76.7 Å². The van der Waals surface area contributed by atoms with E-state index < -0.39 is 60.4 Å². The third kappa shape index (κ3) is 12.9. The zero-order valence-corrected chi connectivity index (χ0v) is 32.4. The van der Waals surface area contributed by atoms with Gasteiger partial charge in [0.25, 0.3) is 0 Å². The molecule has 4 amide bonds. The molecule has 13 heteroatoms. The number of epoxide rings is 1. The Bertz CT molecular complexity index is 1870. The van der Waals surface area contributed by atoms with E-state index in [0.717, 1.165) is 35.1 Å². The van der Waals surface area contributed by atoms with Crippen LogP contribution in [0.4, 0.5) is 9.59 Å². The van der Waals surface area contributed by atoms with Gasteiger partial charge in [-0.2, -0.15) is 0 Å². The predicted molar refractivity (Wildman–Crippen MR) is 218 cm³/mol. The van der Waals surface area contributed by atoms with Crippen LogP contribution >= 0.6 is 24.4 Å². The maximum Gasteiger partial charge on any atom is 0.408 e. The molecule has 3 aromatic carbocycles. The third-order valence-corrected chi connectivity index (χ3v) is 9.59. The second kappa shape index (κ2) is 20.4. The summed E-state index contributed by atoms with van der Waals surface area (Å²) in [6, 6.07) is 24.9. The molecular weight excluding hydrogens is 737 g/mol. The highest BCUT2D eigenvalue weighted by molar-refractivity contribution is 7.80. The molecule has 0 radical (unpaired) electrons. The van der Waals surface area contributed by atoms with Crippen molar-refractivity contribution in [1.82, 2.24) is 21.3 Å². The van der Waals surface area contributed by atoms with E-state index in [1.54, 1.807) is 13.8 Å². The lowest BCUT2D eigenvalue weighted by molar-refractivity contribution is -0.123. The summed E-state index contributed by atoms with van der Waals surface area (Å²) < 4.78 is 17.0. The second-order valence-electron chi connectivity index (χ2n) is 13.4. The molecule has 0 unspecified atom stereocenters. The highest BCUT2D eigenvalue weighted by Crippen LogP contribution is 2.32. The van der Waals surface area contributed by atoms with Gasteiger partial charge in [-0.15, -0.1) is 0 Å². The average Bonchev–Trinajstić information content (AvgIpc) is 3.99. The van der Waals surface area contributed by atoms with Crippen molar-refractivity contribution >= 4 is 58.2 Å². The Morgan fingerprint density at radius 2 is 1.07 bits per heavy atom. The number of hydrogen-bond donors (Lipinski definition) is 4. The Hall–Kier alpha value is -5.24. The van der Waals surface area contributed by atoms with Gasteiger partial charge in [-0.25, -0.2) is 9.59 Å². The fraction of sp³-hybridized carbons (Fsp3) is 0.333. The lowest BCUT2D eigenvalue weighted by Gasteiger charge is -2.24. The molecule has 5 rings (SSSR count). The first-order valence-corrected chi connectivity index (χ1v) is 19.0. The number of thiocarbonyl (C=S) groups is 2. The molecule has 11 nitrogen and oxygen atoms in total. The molecule has 1 saturated heterocycles. The summed E-state index contributed by atoms with van der Waals surface area (Å²) in [7, 11) is 0. The van der Waals surface area contributed by atoms with Crippen LogP contribution in [0.3, 0.4) is 0 Å². The zero-order chi connectivity index (χ0) is 39.2. The molecule has 0 saturated carbocycles. The molecule has 1 fully saturated rings. The van der Waals surface area contributed by atoms with Crippen molar-refractivity contribution in [3.8, 4) is 0 Å². The van der Waals surface area contributed by atoms with Gasteiger partial charge in [0.05, 0.1) is 12.1 Å². The Kier molecular flexibility index (Phi) is 15.2. The molecule has 1 heterocycles. The summed E-state index contributed by atoms with van der Waals surface area (Å²) in [6.07, 6.45) is 5.91. The molecule has 1 aliphatic carbocycles. The van der Waals surface area contributed by atoms with Gasteiger partial charge in [-0.1, -0.05) is 134 Å². The van der Waals surface area contributed by atoms with Crippen molar-refractivity contribution in [3.63, 3.8) is 0 Å². The van der Waals surface area contributed by atoms with Gasteiger partial charge >= 0.3 is 12.2 Å². The number of nitrogens with one attached hydrogen (secondary N) is 4. The lowest BCUT2D eigenvalue weighted by Crippen LogP contribution is -2.56. The molecular formula is C42H46N4O7S2. The van der Waals surface area contributed by atoms with Crippen molar-refractivity contribution < 1.29 is 33.4 Å². The van der Waals surface area contributed by atoms with Crippen LogP contribution in [0.1, 0.15) is 43.4 Å². The Morgan fingerprint density at radius 3 is 1.49 bits per heavy atom. The average molecular weight is 783 g/mol. The fourth-order valence-corrected chi connectivity index (χ4v) is 6.55. The van der Waals surface area contributed by atoms with Crippen molar-refractivity contribution in [2.24, 2.45) is 0 Å². The first kappa shape index (κ1) is 40.9.